The van der Waals surface area contributed by atoms with Gasteiger partial charge in [-0.05, 0) is 17.3 Å². The van der Waals surface area contributed by atoms with Gasteiger partial charge in [-0.2, -0.15) is 0 Å². The molecule has 1 aliphatic heterocycles. The topological polar surface area (TPSA) is 82.8 Å². The van der Waals surface area contributed by atoms with Crippen molar-refractivity contribution in [3.8, 4) is 11.6 Å². The Labute approximate surface area is 137 Å². The van der Waals surface area contributed by atoms with Gasteiger partial charge >= 0.3 is 0 Å². The summed E-state index contributed by atoms with van der Waals surface area (Å²) in [5.74, 6) is 0.931. The van der Waals surface area contributed by atoms with Crippen LogP contribution >= 0.6 is 0 Å². The summed E-state index contributed by atoms with van der Waals surface area (Å²) in [4.78, 5) is 12.0. The van der Waals surface area contributed by atoms with E-state index in [1.165, 1.54) is 19.2 Å². The van der Waals surface area contributed by atoms with Crippen molar-refractivity contribution in [3.05, 3.63) is 40.9 Å². The molecule has 2 heterocycles. The SMILES string of the molecule is COc1cc(CCC(=O)NCc2cc(F)cc3c2OCOC3)on1. The smallest absolute Gasteiger partial charge is 0.254 e. The third-order valence-corrected chi connectivity index (χ3v) is 3.57. The molecule has 0 saturated heterocycles. The number of benzene rings is 1. The van der Waals surface area contributed by atoms with Gasteiger partial charge in [0.2, 0.25) is 5.91 Å². The molecule has 1 amide bonds. The Kier molecular flexibility index (Phi) is 4.95. The highest BCUT2D eigenvalue weighted by Crippen LogP contribution is 2.29. The molecule has 1 aliphatic rings. The quantitative estimate of drug-likeness (QED) is 0.868. The van der Waals surface area contributed by atoms with Crippen molar-refractivity contribution in [1.82, 2.24) is 10.5 Å². The lowest BCUT2D eigenvalue weighted by Gasteiger charge is -2.21. The summed E-state index contributed by atoms with van der Waals surface area (Å²) in [5.41, 5.74) is 1.22. The molecule has 8 heteroatoms. The second-order valence-corrected chi connectivity index (χ2v) is 5.28. The van der Waals surface area contributed by atoms with Crippen molar-refractivity contribution in [2.75, 3.05) is 13.9 Å². The standard InChI is InChI=1S/C16H17FN2O5/c1-21-15-6-13(24-19-15)2-3-14(20)18-7-10-4-12(17)5-11-8-22-9-23-16(10)11/h4-6H,2-3,7-9H2,1H3,(H,18,20). The number of carbonyl (C=O) groups excluding carboxylic acids is 1. The van der Waals surface area contributed by atoms with Crippen molar-refractivity contribution in [2.45, 2.75) is 26.0 Å². The van der Waals surface area contributed by atoms with Crippen molar-refractivity contribution >= 4 is 5.91 Å². The van der Waals surface area contributed by atoms with Gasteiger partial charge in [-0.25, -0.2) is 4.39 Å². The van der Waals surface area contributed by atoms with E-state index in [1.807, 2.05) is 0 Å². The highest BCUT2D eigenvalue weighted by Gasteiger charge is 2.17. The van der Waals surface area contributed by atoms with Gasteiger partial charge in [0.05, 0.1) is 13.7 Å². The van der Waals surface area contributed by atoms with Crippen LogP contribution in [0.25, 0.3) is 0 Å². The van der Waals surface area contributed by atoms with Crippen molar-refractivity contribution < 1.29 is 27.9 Å². The zero-order valence-corrected chi connectivity index (χ0v) is 13.1. The van der Waals surface area contributed by atoms with Crippen LogP contribution in [-0.2, 0) is 29.1 Å². The molecule has 0 saturated carbocycles. The molecule has 0 unspecified atom stereocenters. The Bertz CT molecular complexity index is 731. The van der Waals surface area contributed by atoms with Gasteiger partial charge < -0.3 is 24.1 Å². The van der Waals surface area contributed by atoms with Crippen LogP contribution in [0.1, 0.15) is 23.3 Å². The highest BCUT2D eigenvalue weighted by atomic mass is 19.1. The van der Waals surface area contributed by atoms with Crippen LogP contribution < -0.4 is 14.8 Å². The molecular weight excluding hydrogens is 319 g/mol. The summed E-state index contributed by atoms with van der Waals surface area (Å²) in [6.07, 6.45) is 0.619. The molecule has 0 spiro atoms. The van der Waals surface area contributed by atoms with Crippen molar-refractivity contribution in [1.29, 1.82) is 0 Å². The number of halogens is 1. The number of rotatable bonds is 6. The number of aromatic nitrogens is 1. The van der Waals surface area contributed by atoms with E-state index in [0.717, 1.165) is 0 Å². The maximum atomic E-state index is 13.6. The maximum Gasteiger partial charge on any atom is 0.254 e. The fourth-order valence-electron chi connectivity index (χ4n) is 2.41. The van der Waals surface area contributed by atoms with Crippen LogP contribution in [-0.4, -0.2) is 25.0 Å². The Balaban J connectivity index is 1.55. The number of carbonyl (C=O) groups is 1. The number of amides is 1. The number of hydrogen-bond donors (Lipinski definition) is 1. The average Bonchev–Trinajstić information content (AvgIpc) is 3.05. The van der Waals surface area contributed by atoms with Crippen molar-refractivity contribution in [2.24, 2.45) is 0 Å². The van der Waals surface area contributed by atoms with Crippen LogP contribution in [0.5, 0.6) is 11.6 Å². The van der Waals surface area contributed by atoms with Gasteiger partial charge in [-0.1, -0.05) is 0 Å². The van der Waals surface area contributed by atoms with E-state index in [0.29, 0.717) is 41.5 Å². The first-order valence-corrected chi connectivity index (χ1v) is 7.44. The van der Waals surface area contributed by atoms with Gasteiger partial charge in [0.15, 0.2) is 6.79 Å². The van der Waals surface area contributed by atoms with Gasteiger partial charge in [0.1, 0.15) is 17.3 Å². The first-order valence-electron chi connectivity index (χ1n) is 7.44. The predicted molar refractivity (Wildman–Crippen MR) is 79.9 cm³/mol. The second kappa shape index (κ2) is 7.31. The number of hydrogen-bond acceptors (Lipinski definition) is 6. The molecule has 0 radical (unpaired) electrons. The molecule has 2 aromatic rings. The van der Waals surface area contributed by atoms with Gasteiger partial charge in [0.25, 0.3) is 5.88 Å². The maximum absolute atomic E-state index is 13.6. The van der Waals surface area contributed by atoms with E-state index in [4.69, 9.17) is 18.7 Å². The molecule has 0 bridgehead atoms. The molecule has 0 fully saturated rings. The zero-order chi connectivity index (χ0) is 16.9. The van der Waals surface area contributed by atoms with Crippen LogP contribution in [0, 0.1) is 5.82 Å². The molecule has 128 valence electrons. The van der Waals surface area contributed by atoms with Gasteiger partial charge in [0, 0.05) is 36.6 Å². The average molecular weight is 336 g/mol. The molecule has 1 aromatic heterocycles. The van der Waals surface area contributed by atoms with Gasteiger partial charge in [-0.3, -0.25) is 4.79 Å². The number of ether oxygens (including phenoxy) is 3. The summed E-state index contributed by atoms with van der Waals surface area (Å²) in [7, 11) is 1.49. The minimum absolute atomic E-state index is 0.118. The lowest BCUT2D eigenvalue weighted by Crippen LogP contribution is -2.24. The van der Waals surface area contributed by atoms with E-state index < -0.39 is 0 Å². The summed E-state index contributed by atoms with van der Waals surface area (Å²) in [5, 5.41) is 6.41. The van der Waals surface area contributed by atoms with E-state index in [2.05, 4.69) is 10.5 Å². The number of nitrogens with one attached hydrogen (secondary N) is 1. The Morgan fingerprint density at radius 3 is 3.08 bits per heavy atom. The van der Waals surface area contributed by atoms with E-state index in [-0.39, 0.29) is 31.5 Å². The summed E-state index contributed by atoms with van der Waals surface area (Å²) in [6, 6.07) is 4.35. The van der Waals surface area contributed by atoms with E-state index in [1.54, 1.807) is 6.07 Å². The molecule has 0 atom stereocenters. The first-order chi connectivity index (χ1) is 11.7. The molecule has 3 rings (SSSR count). The Hall–Kier alpha value is -2.61. The lowest BCUT2D eigenvalue weighted by atomic mass is 10.1. The highest BCUT2D eigenvalue weighted by molar-refractivity contribution is 5.76. The summed E-state index contributed by atoms with van der Waals surface area (Å²) in [6.45, 7) is 0.590. The molecule has 7 nitrogen and oxygen atoms in total. The molecule has 24 heavy (non-hydrogen) atoms. The Morgan fingerprint density at radius 1 is 1.42 bits per heavy atom. The molecule has 1 aromatic carbocycles. The van der Waals surface area contributed by atoms with Crippen LogP contribution in [0.4, 0.5) is 4.39 Å². The second-order valence-electron chi connectivity index (χ2n) is 5.28. The number of fused-ring (bicyclic) bond motifs is 1. The zero-order valence-electron chi connectivity index (χ0n) is 13.1. The minimum atomic E-state index is -0.388. The third-order valence-electron chi connectivity index (χ3n) is 3.57. The molecule has 1 N–H and O–H groups in total. The number of aryl methyl sites for hydroxylation is 1. The minimum Gasteiger partial charge on any atom is -0.479 e. The fourth-order valence-corrected chi connectivity index (χ4v) is 2.41. The van der Waals surface area contributed by atoms with Gasteiger partial charge in [-0.15, -0.1) is 0 Å². The van der Waals surface area contributed by atoms with Crippen LogP contribution in [0.15, 0.2) is 22.7 Å². The normalized spacial score (nSPS) is 13.1. The third kappa shape index (κ3) is 3.83. The largest absolute Gasteiger partial charge is 0.479 e. The lowest BCUT2D eigenvalue weighted by molar-refractivity contribution is -0.121. The van der Waals surface area contributed by atoms with Crippen LogP contribution in [0.2, 0.25) is 0 Å². The number of nitrogens with zero attached hydrogens (tertiary/aromatic N) is 1. The first kappa shape index (κ1) is 16.3. The van der Waals surface area contributed by atoms with E-state index >= 15 is 0 Å². The van der Waals surface area contributed by atoms with Crippen molar-refractivity contribution in [3.63, 3.8) is 0 Å². The summed E-state index contributed by atoms with van der Waals surface area (Å²) < 4.78 is 34.1. The Morgan fingerprint density at radius 2 is 2.29 bits per heavy atom. The summed E-state index contributed by atoms with van der Waals surface area (Å²) >= 11 is 0. The monoisotopic (exact) mass is 336 g/mol. The van der Waals surface area contributed by atoms with Crippen LogP contribution in [0.3, 0.4) is 0 Å². The predicted octanol–water partition coefficient (Wildman–Crippen LogP) is 1.94. The molecular formula is C16H17FN2O5. The van der Waals surface area contributed by atoms with E-state index in [9.17, 15) is 9.18 Å². The molecule has 0 aliphatic carbocycles. The number of methoxy groups -OCH3 is 1. The fraction of sp³-hybridized carbons (Fsp3) is 0.375.